The van der Waals surface area contributed by atoms with Crippen molar-refractivity contribution in [3.63, 3.8) is 0 Å². The van der Waals surface area contributed by atoms with Crippen molar-refractivity contribution in [1.29, 1.82) is 0 Å². The molecular formula is C19H22N6O. The summed E-state index contributed by atoms with van der Waals surface area (Å²) in [5.41, 5.74) is 2.89. The summed E-state index contributed by atoms with van der Waals surface area (Å²) in [5, 5.41) is 15.7. The quantitative estimate of drug-likeness (QED) is 0.574. The summed E-state index contributed by atoms with van der Waals surface area (Å²) in [4.78, 5) is 17.2. The van der Waals surface area contributed by atoms with Crippen LogP contribution in [0.3, 0.4) is 0 Å². The van der Waals surface area contributed by atoms with E-state index >= 15 is 0 Å². The molecular weight excluding hydrogens is 328 g/mol. The number of aliphatic hydroxyl groups is 1. The Bertz CT molecular complexity index is 813. The van der Waals surface area contributed by atoms with E-state index < -0.39 is 0 Å². The molecule has 1 atom stereocenters. The largest absolute Gasteiger partial charge is 0.394 e. The van der Waals surface area contributed by atoms with E-state index in [9.17, 15) is 5.11 Å². The Labute approximate surface area is 152 Å². The Morgan fingerprint density at radius 2 is 1.92 bits per heavy atom. The second-order valence-corrected chi connectivity index (χ2v) is 5.96. The lowest BCUT2D eigenvalue weighted by Gasteiger charge is -2.14. The molecule has 3 aromatic rings. The molecule has 7 nitrogen and oxygen atoms in total. The van der Waals surface area contributed by atoms with Gasteiger partial charge in [-0.3, -0.25) is 9.97 Å². The van der Waals surface area contributed by atoms with Gasteiger partial charge in [0.25, 0.3) is 0 Å². The van der Waals surface area contributed by atoms with Crippen LogP contribution in [0.2, 0.25) is 0 Å². The number of aliphatic hydroxyl groups excluding tert-OH is 1. The maximum Gasteiger partial charge on any atom is 0.225 e. The molecule has 0 aromatic carbocycles. The Balaban J connectivity index is 1.77. The molecule has 134 valence electrons. The second-order valence-electron chi connectivity index (χ2n) is 5.96. The van der Waals surface area contributed by atoms with Crippen molar-refractivity contribution in [3.05, 3.63) is 60.7 Å². The summed E-state index contributed by atoms with van der Waals surface area (Å²) in [5.74, 6) is 1.19. The summed E-state index contributed by atoms with van der Waals surface area (Å²) in [6.45, 7) is 2.62. The third kappa shape index (κ3) is 4.97. The SMILES string of the molecule is C[C@@H](CO)Nc1nc(NCCc2ccncc2)cc(-c2cccnc2)n1. The minimum Gasteiger partial charge on any atom is -0.394 e. The van der Waals surface area contributed by atoms with Crippen LogP contribution in [0.1, 0.15) is 12.5 Å². The monoisotopic (exact) mass is 350 g/mol. The van der Waals surface area contributed by atoms with Gasteiger partial charge in [0.2, 0.25) is 5.95 Å². The number of aromatic nitrogens is 4. The lowest BCUT2D eigenvalue weighted by molar-refractivity contribution is 0.281. The molecule has 0 spiro atoms. The van der Waals surface area contributed by atoms with Gasteiger partial charge in [-0.15, -0.1) is 0 Å². The maximum absolute atomic E-state index is 9.27. The fraction of sp³-hybridized carbons (Fsp3) is 0.263. The van der Waals surface area contributed by atoms with Crippen LogP contribution in [0.15, 0.2) is 55.1 Å². The van der Waals surface area contributed by atoms with Gasteiger partial charge in [0.15, 0.2) is 0 Å². The van der Waals surface area contributed by atoms with Gasteiger partial charge in [-0.1, -0.05) is 0 Å². The number of nitrogens with zero attached hydrogens (tertiary/aromatic N) is 4. The molecule has 3 aromatic heterocycles. The van der Waals surface area contributed by atoms with Crippen LogP contribution in [0.4, 0.5) is 11.8 Å². The number of rotatable bonds is 8. The van der Waals surface area contributed by atoms with Crippen LogP contribution in [-0.4, -0.2) is 44.2 Å². The minimum atomic E-state index is -0.135. The molecule has 0 radical (unpaired) electrons. The number of pyridine rings is 2. The fourth-order valence-electron chi connectivity index (χ4n) is 2.41. The molecule has 3 N–H and O–H groups in total. The van der Waals surface area contributed by atoms with E-state index in [2.05, 4.69) is 30.6 Å². The molecule has 0 saturated heterocycles. The Morgan fingerprint density at radius 1 is 1.08 bits per heavy atom. The Kier molecular flexibility index (Phi) is 6.05. The smallest absolute Gasteiger partial charge is 0.225 e. The van der Waals surface area contributed by atoms with E-state index in [0.717, 1.165) is 30.0 Å². The third-order valence-electron chi connectivity index (χ3n) is 3.80. The Hall–Kier alpha value is -3.06. The molecule has 0 saturated carbocycles. The molecule has 3 heterocycles. The van der Waals surface area contributed by atoms with Gasteiger partial charge in [0.1, 0.15) is 5.82 Å². The summed E-state index contributed by atoms with van der Waals surface area (Å²) in [6.07, 6.45) is 7.94. The average Bonchev–Trinajstić information content (AvgIpc) is 2.69. The predicted octanol–water partition coefficient (Wildman–Crippen LogP) is 2.38. The second kappa shape index (κ2) is 8.87. The molecule has 7 heteroatoms. The van der Waals surface area contributed by atoms with Crippen LogP contribution in [-0.2, 0) is 6.42 Å². The van der Waals surface area contributed by atoms with Crippen LogP contribution < -0.4 is 10.6 Å². The highest BCUT2D eigenvalue weighted by Gasteiger charge is 2.09. The van der Waals surface area contributed by atoms with Crippen molar-refractivity contribution >= 4 is 11.8 Å². The number of hydrogen-bond donors (Lipinski definition) is 3. The van der Waals surface area contributed by atoms with Gasteiger partial charge in [-0.25, -0.2) is 4.98 Å². The third-order valence-corrected chi connectivity index (χ3v) is 3.80. The fourth-order valence-corrected chi connectivity index (χ4v) is 2.41. The highest BCUT2D eigenvalue weighted by Crippen LogP contribution is 2.21. The first-order valence-electron chi connectivity index (χ1n) is 8.54. The van der Waals surface area contributed by atoms with E-state index in [0.29, 0.717) is 5.95 Å². The molecule has 0 unspecified atom stereocenters. The molecule has 0 aliphatic rings. The zero-order chi connectivity index (χ0) is 18.2. The van der Waals surface area contributed by atoms with E-state index in [-0.39, 0.29) is 12.6 Å². The zero-order valence-corrected chi connectivity index (χ0v) is 14.6. The van der Waals surface area contributed by atoms with E-state index in [4.69, 9.17) is 0 Å². The lowest BCUT2D eigenvalue weighted by atomic mass is 10.2. The zero-order valence-electron chi connectivity index (χ0n) is 14.6. The number of anilines is 2. The average molecular weight is 350 g/mol. The normalized spacial score (nSPS) is 11.8. The first-order valence-corrected chi connectivity index (χ1v) is 8.54. The maximum atomic E-state index is 9.27. The van der Waals surface area contributed by atoms with Crippen LogP contribution in [0.25, 0.3) is 11.3 Å². The van der Waals surface area contributed by atoms with Gasteiger partial charge in [-0.2, -0.15) is 4.98 Å². The first-order chi connectivity index (χ1) is 12.7. The summed E-state index contributed by atoms with van der Waals surface area (Å²) < 4.78 is 0. The molecule has 0 fully saturated rings. The van der Waals surface area contributed by atoms with Crippen LogP contribution >= 0.6 is 0 Å². The molecule has 26 heavy (non-hydrogen) atoms. The number of nitrogens with one attached hydrogen (secondary N) is 2. The van der Waals surface area contributed by atoms with Crippen molar-refractivity contribution in [2.45, 2.75) is 19.4 Å². The van der Waals surface area contributed by atoms with Crippen molar-refractivity contribution in [2.24, 2.45) is 0 Å². The van der Waals surface area contributed by atoms with Crippen molar-refractivity contribution in [1.82, 2.24) is 19.9 Å². The van der Waals surface area contributed by atoms with Gasteiger partial charge >= 0.3 is 0 Å². The summed E-state index contributed by atoms with van der Waals surface area (Å²) in [7, 11) is 0. The van der Waals surface area contributed by atoms with Crippen molar-refractivity contribution in [2.75, 3.05) is 23.8 Å². The number of hydrogen-bond acceptors (Lipinski definition) is 7. The summed E-state index contributed by atoms with van der Waals surface area (Å²) in [6, 6.07) is 9.59. The van der Waals surface area contributed by atoms with Gasteiger partial charge in [-0.05, 0) is 43.2 Å². The lowest BCUT2D eigenvalue weighted by Crippen LogP contribution is -2.21. The highest BCUT2D eigenvalue weighted by molar-refractivity contribution is 5.63. The Morgan fingerprint density at radius 3 is 2.65 bits per heavy atom. The van der Waals surface area contributed by atoms with Gasteiger partial charge in [0.05, 0.1) is 12.3 Å². The molecule has 0 aliphatic heterocycles. The summed E-state index contributed by atoms with van der Waals surface area (Å²) >= 11 is 0. The van der Waals surface area contributed by atoms with Crippen LogP contribution in [0, 0.1) is 0 Å². The van der Waals surface area contributed by atoms with E-state index in [1.807, 2.05) is 37.3 Å². The minimum absolute atomic E-state index is 0.00524. The van der Waals surface area contributed by atoms with E-state index in [1.165, 1.54) is 5.56 Å². The molecule has 0 aliphatic carbocycles. The molecule has 3 rings (SSSR count). The van der Waals surface area contributed by atoms with Gasteiger partial charge < -0.3 is 15.7 Å². The molecule has 0 amide bonds. The van der Waals surface area contributed by atoms with Crippen molar-refractivity contribution in [3.8, 4) is 11.3 Å². The highest BCUT2D eigenvalue weighted by atomic mass is 16.3. The first kappa shape index (κ1) is 17.8. The molecule has 0 bridgehead atoms. The topological polar surface area (TPSA) is 95.8 Å². The van der Waals surface area contributed by atoms with Crippen molar-refractivity contribution < 1.29 is 5.11 Å². The standard InChI is InChI=1S/C19H22N6O/c1-14(13-26)23-19-24-17(16-3-2-7-21-12-16)11-18(25-19)22-10-6-15-4-8-20-9-5-15/h2-5,7-9,11-12,14,26H,6,10,13H2,1H3,(H2,22,23,24,25)/t14-/m0/s1. The van der Waals surface area contributed by atoms with E-state index in [1.54, 1.807) is 24.8 Å². The predicted molar refractivity (Wildman–Crippen MR) is 102 cm³/mol. The van der Waals surface area contributed by atoms with Crippen LogP contribution in [0.5, 0.6) is 0 Å². The van der Waals surface area contributed by atoms with Gasteiger partial charge in [0, 0.05) is 49.0 Å².